The number of aliphatic hydroxyl groups excluding tert-OH is 1. The number of ether oxygens (including phenoxy) is 1. The third-order valence-corrected chi connectivity index (χ3v) is 5.32. The molecule has 178 valence electrons. The Morgan fingerprint density at radius 3 is 2.40 bits per heavy atom. The second kappa shape index (κ2) is 9.46. The van der Waals surface area contributed by atoms with Crippen LogP contribution in [0.2, 0.25) is 0 Å². The molecule has 0 aliphatic rings. The van der Waals surface area contributed by atoms with E-state index < -0.39 is 46.1 Å². The van der Waals surface area contributed by atoms with Gasteiger partial charge in [0.25, 0.3) is 0 Å². The molecule has 5 nitrogen and oxygen atoms in total. The summed E-state index contributed by atoms with van der Waals surface area (Å²) in [5.74, 6) is -10.6. The number of esters is 1. The smallest absolute Gasteiger partial charge is 0.343 e. The summed E-state index contributed by atoms with van der Waals surface area (Å²) in [6.45, 7) is 1.31. The average molecular weight is 483 g/mol. The van der Waals surface area contributed by atoms with Crippen LogP contribution in [0.4, 0.5) is 23.2 Å². The van der Waals surface area contributed by atoms with Crippen molar-refractivity contribution in [3.8, 4) is 5.75 Å². The maximum Gasteiger partial charge on any atom is 0.343 e. The molecule has 35 heavy (non-hydrogen) atoms. The Hall–Kier alpha value is -4.40. The Kier molecular flexibility index (Phi) is 6.42. The van der Waals surface area contributed by atoms with Crippen molar-refractivity contribution in [1.82, 2.24) is 0 Å². The monoisotopic (exact) mass is 483 g/mol. The fraction of sp³-hybridized carbons (Fsp3) is 0.0769. The molecule has 0 bridgehead atoms. The van der Waals surface area contributed by atoms with Gasteiger partial charge < -0.3 is 14.9 Å². The minimum atomic E-state index is -2.16. The molecule has 0 aliphatic carbocycles. The number of hydrogen-bond donors (Lipinski definition) is 2. The molecule has 9 heteroatoms. The minimum Gasteiger partial charge on any atom is -0.506 e. The van der Waals surface area contributed by atoms with Crippen LogP contribution in [-0.2, 0) is 9.53 Å². The van der Waals surface area contributed by atoms with Crippen LogP contribution >= 0.6 is 0 Å². The molecule has 0 amide bonds. The minimum absolute atomic E-state index is 0.0145. The molecule has 0 unspecified atom stereocenters. The first-order valence-electron chi connectivity index (χ1n) is 10.4. The van der Waals surface area contributed by atoms with E-state index in [4.69, 9.17) is 4.74 Å². The van der Waals surface area contributed by atoms with Gasteiger partial charge in [0.15, 0.2) is 23.3 Å². The molecule has 0 aromatic heterocycles. The molecule has 0 aliphatic heterocycles. The zero-order valence-electron chi connectivity index (χ0n) is 18.2. The highest BCUT2D eigenvalue weighted by Gasteiger charge is 2.25. The van der Waals surface area contributed by atoms with Gasteiger partial charge in [0, 0.05) is 11.6 Å². The fourth-order valence-electron chi connectivity index (χ4n) is 3.61. The summed E-state index contributed by atoms with van der Waals surface area (Å²) in [5.41, 5.74) is -1.89. The van der Waals surface area contributed by atoms with Crippen LogP contribution in [0.1, 0.15) is 12.5 Å². The van der Waals surface area contributed by atoms with Crippen LogP contribution in [0.25, 0.3) is 27.3 Å². The van der Waals surface area contributed by atoms with Gasteiger partial charge in [0.1, 0.15) is 22.8 Å². The van der Waals surface area contributed by atoms with Gasteiger partial charge in [-0.1, -0.05) is 36.4 Å². The van der Waals surface area contributed by atoms with Crippen molar-refractivity contribution in [2.45, 2.75) is 6.92 Å². The van der Waals surface area contributed by atoms with Crippen LogP contribution in [0.5, 0.6) is 5.75 Å². The van der Waals surface area contributed by atoms with E-state index in [-0.39, 0.29) is 24.1 Å². The standard InChI is InChI=1S/C26H17F4NO4/c1-2-35-26(34)18(24(32)17-11-19(27)22(29)23(30)21(17)28)12-31-20-10-9-15-14-6-4-3-5-13(14)7-8-16(15)25(20)33/h3-12,32-33H,2H2,1H3/b24-18+,31-12?. The third-order valence-electron chi connectivity index (χ3n) is 5.32. The lowest BCUT2D eigenvalue weighted by atomic mass is 10.0. The molecule has 0 spiro atoms. The molecule has 4 aromatic rings. The van der Waals surface area contributed by atoms with Gasteiger partial charge in [-0.15, -0.1) is 0 Å². The zero-order chi connectivity index (χ0) is 25.3. The van der Waals surface area contributed by atoms with Gasteiger partial charge in [-0.05, 0) is 41.3 Å². The Morgan fingerprint density at radius 2 is 1.66 bits per heavy atom. The summed E-state index contributed by atoms with van der Waals surface area (Å²) in [7, 11) is 0. The summed E-state index contributed by atoms with van der Waals surface area (Å²) in [4.78, 5) is 16.4. The summed E-state index contributed by atoms with van der Waals surface area (Å²) in [6.07, 6.45) is 0.758. The van der Waals surface area contributed by atoms with Crippen molar-refractivity contribution in [3.63, 3.8) is 0 Å². The molecular formula is C26H17F4NO4. The number of hydrogen-bond acceptors (Lipinski definition) is 5. The number of benzene rings is 4. The number of nitrogens with zero attached hydrogens (tertiary/aromatic N) is 1. The first-order chi connectivity index (χ1) is 16.7. The van der Waals surface area contributed by atoms with E-state index in [2.05, 4.69) is 4.99 Å². The predicted molar refractivity (Wildman–Crippen MR) is 124 cm³/mol. The first kappa shape index (κ1) is 23.7. The predicted octanol–water partition coefficient (Wildman–Crippen LogP) is 6.49. The van der Waals surface area contributed by atoms with E-state index in [9.17, 15) is 32.6 Å². The number of halogens is 4. The first-order valence-corrected chi connectivity index (χ1v) is 10.4. The normalized spacial score (nSPS) is 12.4. The third kappa shape index (κ3) is 4.28. The quantitative estimate of drug-likeness (QED) is 0.0497. The maximum atomic E-state index is 14.2. The lowest BCUT2D eigenvalue weighted by Gasteiger charge is -2.10. The van der Waals surface area contributed by atoms with Crippen LogP contribution in [0.15, 0.2) is 65.2 Å². The number of aliphatic imine (C=N–C) groups is 1. The number of phenolic OH excluding ortho intramolecular Hbond substituents is 1. The summed E-state index contributed by atoms with van der Waals surface area (Å²) in [5, 5.41) is 24.3. The van der Waals surface area contributed by atoms with Crippen LogP contribution in [0.3, 0.4) is 0 Å². The molecule has 0 heterocycles. The Balaban J connectivity index is 1.85. The molecular weight excluding hydrogens is 466 g/mol. The van der Waals surface area contributed by atoms with Crippen molar-refractivity contribution in [3.05, 3.63) is 89.0 Å². The van der Waals surface area contributed by atoms with Crippen molar-refractivity contribution >= 4 is 45.2 Å². The van der Waals surface area contributed by atoms with Crippen LogP contribution < -0.4 is 0 Å². The Labute approximate surface area is 196 Å². The Morgan fingerprint density at radius 1 is 0.943 bits per heavy atom. The van der Waals surface area contributed by atoms with Gasteiger partial charge >= 0.3 is 5.97 Å². The van der Waals surface area contributed by atoms with E-state index in [0.29, 0.717) is 5.39 Å². The zero-order valence-corrected chi connectivity index (χ0v) is 18.2. The second-order valence-corrected chi connectivity index (χ2v) is 7.40. The lowest BCUT2D eigenvalue weighted by Crippen LogP contribution is -2.12. The molecule has 0 saturated carbocycles. The van der Waals surface area contributed by atoms with Gasteiger partial charge in [-0.3, -0.25) is 4.99 Å². The summed E-state index contributed by atoms with van der Waals surface area (Å²) < 4.78 is 59.7. The topological polar surface area (TPSA) is 79.1 Å². The van der Waals surface area contributed by atoms with Gasteiger partial charge in [-0.2, -0.15) is 0 Å². The average Bonchev–Trinajstić information content (AvgIpc) is 2.86. The number of aromatic hydroxyl groups is 1. The van der Waals surface area contributed by atoms with Crippen LogP contribution in [0, 0.1) is 23.3 Å². The van der Waals surface area contributed by atoms with E-state index in [1.807, 2.05) is 24.3 Å². The second-order valence-electron chi connectivity index (χ2n) is 7.40. The van der Waals surface area contributed by atoms with Gasteiger partial charge in [-0.25, -0.2) is 22.4 Å². The van der Waals surface area contributed by atoms with E-state index >= 15 is 0 Å². The summed E-state index contributed by atoms with van der Waals surface area (Å²) in [6, 6.07) is 14.4. The van der Waals surface area contributed by atoms with Crippen molar-refractivity contribution in [2.75, 3.05) is 6.61 Å². The van der Waals surface area contributed by atoms with Crippen molar-refractivity contribution in [2.24, 2.45) is 4.99 Å². The molecule has 0 radical (unpaired) electrons. The highest BCUT2D eigenvalue weighted by Crippen LogP contribution is 2.38. The Bertz CT molecular complexity index is 1550. The number of aliphatic hydroxyl groups is 1. The van der Waals surface area contributed by atoms with E-state index in [1.165, 1.54) is 13.0 Å². The SMILES string of the molecule is CCOC(=O)/C(C=Nc1ccc2c(ccc3ccccc32)c1O)=C(/O)c1cc(F)c(F)c(F)c1F. The number of carbonyl (C=O) groups excluding carboxylic acids is 1. The van der Waals surface area contributed by atoms with Crippen LogP contribution in [-0.4, -0.2) is 29.0 Å². The number of phenols is 1. The molecule has 0 fully saturated rings. The fourth-order valence-corrected chi connectivity index (χ4v) is 3.61. The maximum absolute atomic E-state index is 14.2. The van der Waals surface area contributed by atoms with Crippen molar-refractivity contribution < 1.29 is 37.3 Å². The molecule has 0 saturated heterocycles. The highest BCUT2D eigenvalue weighted by molar-refractivity contribution is 6.16. The van der Waals surface area contributed by atoms with E-state index in [1.54, 1.807) is 18.2 Å². The lowest BCUT2D eigenvalue weighted by molar-refractivity contribution is -0.137. The van der Waals surface area contributed by atoms with Crippen molar-refractivity contribution in [1.29, 1.82) is 0 Å². The number of rotatable bonds is 5. The largest absolute Gasteiger partial charge is 0.506 e. The highest BCUT2D eigenvalue weighted by atomic mass is 19.2. The molecule has 4 aromatic carbocycles. The number of carbonyl (C=O) groups is 1. The molecule has 0 atom stereocenters. The van der Waals surface area contributed by atoms with Gasteiger partial charge in [0.05, 0.1) is 12.2 Å². The number of fused-ring (bicyclic) bond motifs is 3. The summed E-state index contributed by atoms with van der Waals surface area (Å²) >= 11 is 0. The van der Waals surface area contributed by atoms with E-state index in [0.717, 1.165) is 22.4 Å². The van der Waals surface area contributed by atoms with Gasteiger partial charge in [0.2, 0.25) is 0 Å². The molecule has 2 N–H and O–H groups in total. The molecule has 4 rings (SSSR count).